The van der Waals surface area contributed by atoms with E-state index in [1.165, 1.54) is 25.7 Å². The number of rotatable bonds is 9. The fourth-order valence-electron chi connectivity index (χ4n) is 2.13. The van der Waals surface area contributed by atoms with Crippen LogP contribution in [0.25, 0.3) is 11.3 Å². The maximum Gasteiger partial charge on any atom is 0.167 e. The van der Waals surface area contributed by atoms with Crippen molar-refractivity contribution in [1.82, 2.24) is 5.16 Å². The summed E-state index contributed by atoms with van der Waals surface area (Å²) in [6.45, 7) is 2.87. The molecule has 0 aliphatic carbocycles. The minimum absolute atomic E-state index is 0.108. The van der Waals surface area contributed by atoms with Crippen molar-refractivity contribution in [2.75, 3.05) is 6.61 Å². The van der Waals surface area contributed by atoms with Gasteiger partial charge in [0.1, 0.15) is 11.4 Å². The highest BCUT2D eigenvalue weighted by atomic mass is 16.5. The van der Waals surface area contributed by atoms with Crippen LogP contribution in [-0.4, -0.2) is 16.9 Å². The molecule has 0 atom stereocenters. The van der Waals surface area contributed by atoms with Crippen LogP contribution in [0.4, 0.5) is 0 Å². The first kappa shape index (κ1) is 15.6. The molecule has 1 aromatic carbocycles. The summed E-state index contributed by atoms with van der Waals surface area (Å²) in [6.07, 6.45) is 6.19. The monoisotopic (exact) mass is 289 g/mol. The van der Waals surface area contributed by atoms with Gasteiger partial charge in [-0.05, 0) is 30.7 Å². The third kappa shape index (κ3) is 4.90. The van der Waals surface area contributed by atoms with E-state index in [9.17, 15) is 0 Å². The van der Waals surface area contributed by atoms with E-state index >= 15 is 0 Å². The standard InChI is InChI=1S/C17H23NO3/c1-2-3-4-5-6-11-20-16-9-7-14(8-10-16)17-12-15(13-19)18-21-17/h7-10,12,19H,2-6,11,13H2,1H3. The molecule has 0 radical (unpaired) electrons. The Kier molecular flexibility index (Phi) is 6.28. The first-order valence-electron chi connectivity index (χ1n) is 7.63. The van der Waals surface area contributed by atoms with Crippen LogP contribution in [0.15, 0.2) is 34.9 Å². The van der Waals surface area contributed by atoms with Crippen LogP contribution in [0.2, 0.25) is 0 Å². The maximum absolute atomic E-state index is 8.97. The molecular formula is C17H23NO3. The van der Waals surface area contributed by atoms with Gasteiger partial charge in [0.2, 0.25) is 0 Å². The number of benzene rings is 1. The minimum atomic E-state index is -0.108. The SMILES string of the molecule is CCCCCCCOc1ccc(-c2cc(CO)no2)cc1. The lowest BCUT2D eigenvalue weighted by Crippen LogP contribution is -1.97. The number of aliphatic hydroxyl groups excluding tert-OH is 1. The maximum atomic E-state index is 8.97. The molecule has 0 unspecified atom stereocenters. The Morgan fingerprint density at radius 3 is 2.52 bits per heavy atom. The number of aliphatic hydroxyl groups is 1. The Balaban J connectivity index is 1.79. The lowest BCUT2D eigenvalue weighted by Gasteiger charge is -2.06. The van der Waals surface area contributed by atoms with Gasteiger partial charge in [0.25, 0.3) is 0 Å². The van der Waals surface area contributed by atoms with Gasteiger partial charge in [0, 0.05) is 11.6 Å². The normalized spacial score (nSPS) is 10.8. The Labute approximate surface area is 125 Å². The molecule has 1 N–H and O–H groups in total. The second-order valence-electron chi connectivity index (χ2n) is 5.13. The summed E-state index contributed by atoms with van der Waals surface area (Å²) in [6, 6.07) is 9.48. The summed E-state index contributed by atoms with van der Waals surface area (Å²) in [7, 11) is 0. The fourth-order valence-corrected chi connectivity index (χ4v) is 2.13. The van der Waals surface area contributed by atoms with E-state index in [2.05, 4.69) is 12.1 Å². The molecule has 0 saturated heterocycles. The second-order valence-corrected chi connectivity index (χ2v) is 5.13. The lowest BCUT2D eigenvalue weighted by molar-refractivity contribution is 0.267. The van der Waals surface area contributed by atoms with Crippen LogP contribution >= 0.6 is 0 Å². The van der Waals surface area contributed by atoms with Gasteiger partial charge in [-0.2, -0.15) is 0 Å². The van der Waals surface area contributed by atoms with E-state index in [1.807, 2.05) is 24.3 Å². The van der Waals surface area contributed by atoms with E-state index in [0.717, 1.165) is 24.3 Å². The quantitative estimate of drug-likeness (QED) is 0.703. The summed E-state index contributed by atoms with van der Waals surface area (Å²) < 4.78 is 10.9. The Hall–Kier alpha value is -1.81. The first-order chi connectivity index (χ1) is 10.3. The summed E-state index contributed by atoms with van der Waals surface area (Å²) in [5.74, 6) is 1.53. The topological polar surface area (TPSA) is 55.5 Å². The minimum Gasteiger partial charge on any atom is -0.494 e. The van der Waals surface area contributed by atoms with Gasteiger partial charge in [0.05, 0.1) is 13.2 Å². The summed E-state index contributed by atoms with van der Waals surface area (Å²) in [5.41, 5.74) is 1.47. The number of aromatic nitrogens is 1. The van der Waals surface area contributed by atoms with E-state index in [4.69, 9.17) is 14.4 Å². The van der Waals surface area contributed by atoms with E-state index in [-0.39, 0.29) is 6.61 Å². The molecule has 0 fully saturated rings. The molecule has 0 aliphatic rings. The number of nitrogens with zero attached hydrogens (tertiary/aromatic N) is 1. The number of ether oxygens (including phenoxy) is 1. The van der Waals surface area contributed by atoms with E-state index in [0.29, 0.717) is 11.5 Å². The molecule has 1 aromatic heterocycles. The zero-order valence-corrected chi connectivity index (χ0v) is 12.5. The lowest BCUT2D eigenvalue weighted by atomic mass is 10.1. The van der Waals surface area contributed by atoms with Crippen molar-refractivity contribution in [3.8, 4) is 17.1 Å². The van der Waals surface area contributed by atoms with Gasteiger partial charge < -0.3 is 14.4 Å². The van der Waals surface area contributed by atoms with Gasteiger partial charge in [-0.3, -0.25) is 0 Å². The molecule has 2 rings (SSSR count). The van der Waals surface area contributed by atoms with Gasteiger partial charge in [-0.25, -0.2) is 0 Å². The smallest absolute Gasteiger partial charge is 0.167 e. The molecule has 2 aromatic rings. The van der Waals surface area contributed by atoms with Crippen LogP contribution < -0.4 is 4.74 Å². The average Bonchev–Trinajstić information content (AvgIpc) is 3.00. The molecule has 0 aliphatic heterocycles. The van der Waals surface area contributed by atoms with Crippen molar-refractivity contribution in [2.45, 2.75) is 45.6 Å². The Bertz CT molecular complexity index is 519. The zero-order valence-electron chi connectivity index (χ0n) is 12.5. The molecule has 0 saturated carbocycles. The summed E-state index contributed by atoms with van der Waals surface area (Å²) in [4.78, 5) is 0. The Morgan fingerprint density at radius 1 is 1.10 bits per heavy atom. The van der Waals surface area contributed by atoms with Crippen molar-refractivity contribution in [3.05, 3.63) is 36.0 Å². The highest BCUT2D eigenvalue weighted by Crippen LogP contribution is 2.23. The molecule has 4 nitrogen and oxygen atoms in total. The molecular weight excluding hydrogens is 266 g/mol. The zero-order chi connectivity index (χ0) is 14.9. The molecule has 0 amide bonds. The first-order valence-corrected chi connectivity index (χ1v) is 7.63. The Morgan fingerprint density at radius 2 is 1.86 bits per heavy atom. The van der Waals surface area contributed by atoms with Gasteiger partial charge in [-0.15, -0.1) is 0 Å². The van der Waals surface area contributed by atoms with Crippen molar-refractivity contribution in [1.29, 1.82) is 0 Å². The molecule has 1 heterocycles. The van der Waals surface area contributed by atoms with Crippen molar-refractivity contribution in [3.63, 3.8) is 0 Å². The highest BCUT2D eigenvalue weighted by molar-refractivity contribution is 5.58. The van der Waals surface area contributed by atoms with Crippen LogP contribution in [0, 0.1) is 0 Å². The average molecular weight is 289 g/mol. The third-order valence-corrected chi connectivity index (χ3v) is 3.38. The van der Waals surface area contributed by atoms with Gasteiger partial charge in [-0.1, -0.05) is 37.8 Å². The largest absolute Gasteiger partial charge is 0.494 e. The summed E-state index contributed by atoms with van der Waals surface area (Å²) in [5, 5.41) is 12.7. The van der Waals surface area contributed by atoms with Crippen LogP contribution in [-0.2, 0) is 6.61 Å². The van der Waals surface area contributed by atoms with Crippen LogP contribution in [0.3, 0.4) is 0 Å². The van der Waals surface area contributed by atoms with Gasteiger partial charge >= 0.3 is 0 Å². The van der Waals surface area contributed by atoms with E-state index < -0.39 is 0 Å². The predicted octanol–water partition coefficient (Wildman–Crippen LogP) is 4.18. The molecule has 0 spiro atoms. The molecule has 0 bridgehead atoms. The second kappa shape index (κ2) is 8.47. The van der Waals surface area contributed by atoms with E-state index in [1.54, 1.807) is 6.07 Å². The summed E-state index contributed by atoms with van der Waals surface area (Å²) >= 11 is 0. The predicted molar refractivity (Wildman–Crippen MR) is 82.1 cm³/mol. The molecule has 114 valence electrons. The number of hydrogen-bond donors (Lipinski definition) is 1. The molecule has 4 heteroatoms. The number of hydrogen-bond acceptors (Lipinski definition) is 4. The third-order valence-electron chi connectivity index (χ3n) is 3.38. The van der Waals surface area contributed by atoms with Crippen molar-refractivity contribution in [2.24, 2.45) is 0 Å². The van der Waals surface area contributed by atoms with Crippen molar-refractivity contribution >= 4 is 0 Å². The van der Waals surface area contributed by atoms with Crippen LogP contribution in [0.1, 0.15) is 44.7 Å². The number of unbranched alkanes of at least 4 members (excludes halogenated alkanes) is 4. The van der Waals surface area contributed by atoms with Crippen LogP contribution in [0.5, 0.6) is 5.75 Å². The highest BCUT2D eigenvalue weighted by Gasteiger charge is 2.06. The molecule has 21 heavy (non-hydrogen) atoms. The fraction of sp³-hybridized carbons (Fsp3) is 0.471. The van der Waals surface area contributed by atoms with Gasteiger partial charge in [0.15, 0.2) is 5.76 Å². The van der Waals surface area contributed by atoms with Crippen molar-refractivity contribution < 1.29 is 14.4 Å².